The maximum atomic E-state index is 14.4. The molecule has 1 fully saturated rings. The molecule has 2 aromatic carbocycles. The van der Waals surface area contributed by atoms with E-state index in [1.165, 1.54) is 16.2 Å². The zero-order valence-electron chi connectivity index (χ0n) is 25.0. The lowest BCUT2D eigenvalue weighted by molar-refractivity contribution is -0.146. The lowest BCUT2D eigenvalue weighted by atomic mass is 9.77. The summed E-state index contributed by atoms with van der Waals surface area (Å²) in [4.78, 5) is 73.5. The fourth-order valence-corrected chi connectivity index (χ4v) is 7.32. The summed E-state index contributed by atoms with van der Waals surface area (Å²) >= 11 is 1.25. The smallest absolute Gasteiger partial charge is 0.280 e. The highest BCUT2D eigenvalue weighted by Gasteiger charge is 2.45. The molecule has 5 amide bonds. The highest BCUT2D eigenvalue weighted by molar-refractivity contribution is 7.11. The number of aromatic nitrogens is 1. The van der Waals surface area contributed by atoms with Gasteiger partial charge in [-0.1, -0.05) is 37.1 Å². The van der Waals surface area contributed by atoms with E-state index >= 15 is 0 Å². The van der Waals surface area contributed by atoms with Crippen LogP contribution in [0.25, 0.3) is 0 Å². The third kappa shape index (κ3) is 5.94. The Morgan fingerprint density at radius 3 is 2.42 bits per heavy atom. The van der Waals surface area contributed by atoms with E-state index in [9.17, 15) is 24.0 Å². The van der Waals surface area contributed by atoms with Crippen LogP contribution in [-0.4, -0.2) is 77.6 Å². The van der Waals surface area contributed by atoms with Gasteiger partial charge in [-0.2, -0.15) is 0 Å². The summed E-state index contributed by atoms with van der Waals surface area (Å²) < 4.78 is 6.21. The molecule has 0 radical (unpaired) electrons. The van der Waals surface area contributed by atoms with Gasteiger partial charge in [-0.15, -0.1) is 11.3 Å². The van der Waals surface area contributed by atoms with Crippen LogP contribution < -0.4 is 15.4 Å². The topological polar surface area (TPSA) is 138 Å². The summed E-state index contributed by atoms with van der Waals surface area (Å²) in [5.74, 6) is -1.82. The van der Waals surface area contributed by atoms with Gasteiger partial charge in [0, 0.05) is 42.6 Å². The fraction of sp³-hybridized carbons (Fsp3) is 0.394. The number of amides is 5. The first-order chi connectivity index (χ1) is 21.9. The van der Waals surface area contributed by atoms with Crippen molar-refractivity contribution in [2.75, 3.05) is 33.3 Å². The number of thiazole rings is 1. The average Bonchev–Trinajstić information content (AvgIpc) is 3.70. The maximum absolute atomic E-state index is 14.4. The number of carbonyl (C=O) groups excluding carboxylic acids is 5. The number of nitrogens with zero attached hydrogens (tertiary/aromatic N) is 3. The largest absolute Gasteiger partial charge is 0.491 e. The predicted octanol–water partition coefficient (Wildman–Crippen LogP) is 3.23. The number of hydrogen-bond acceptors (Lipinski definition) is 8. The minimum absolute atomic E-state index is 0.0520. The molecule has 1 aromatic heterocycles. The molecule has 2 aliphatic heterocycles. The molecule has 234 valence electrons. The third-order valence-electron chi connectivity index (χ3n) is 8.94. The molecular formula is C33H35N5O6S. The fourth-order valence-electron chi connectivity index (χ4n) is 6.77. The van der Waals surface area contributed by atoms with Gasteiger partial charge in [-0.3, -0.25) is 28.9 Å². The standard InChI is InChI=1S/C33H35N5O6S/c1-34-28(39)21-8-2-3-9-22(21)31(41)37-16-13-20-7-6-12-26(44-17-14-35-29(40)30-36-15-18-45-30)27(20)25(37)19-38-32(42)23-10-4-5-11-24(23)33(38)43/h4-7,10-12,15,18,21-22,25H,2-3,8-9,13-14,16-17,19H2,1H3,(H,34,39)(H,35,40)/t21-,22+,25+/m0/s1. The second-order valence-electron chi connectivity index (χ2n) is 11.4. The first kappa shape index (κ1) is 30.4. The molecule has 0 bridgehead atoms. The van der Waals surface area contributed by atoms with E-state index in [1.54, 1.807) is 53.9 Å². The van der Waals surface area contributed by atoms with Crippen LogP contribution in [0.5, 0.6) is 5.75 Å². The molecule has 11 nitrogen and oxygen atoms in total. The number of fused-ring (bicyclic) bond motifs is 2. The molecule has 6 rings (SSSR count). The quantitative estimate of drug-likeness (QED) is 0.274. The molecule has 0 saturated heterocycles. The molecule has 0 unspecified atom stereocenters. The number of hydrogen-bond donors (Lipinski definition) is 2. The van der Waals surface area contributed by atoms with E-state index in [0.717, 1.165) is 24.0 Å². The number of rotatable bonds is 9. The van der Waals surface area contributed by atoms with Gasteiger partial charge in [0.05, 0.1) is 30.3 Å². The molecule has 45 heavy (non-hydrogen) atoms. The number of carbonyl (C=O) groups is 5. The van der Waals surface area contributed by atoms with E-state index in [1.807, 2.05) is 12.1 Å². The van der Waals surface area contributed by atoms with Crippen LogP contribution in [0.1, 0.15) is 73.4 Å². The Labute approximate surface area is 264 Å². The molecule has 12 heteroatoms. The molecule has 3 atom stereocenters. The second-order valence-corrected chi connectivity index (χ2v) is 12.3. The van der Waals surface area contributed by atoms with Crippen LogP contribution in [0, 0.1) is 11.8 Å². The van der Waals surface area contributed by atoms with E-state index in [-0.39, 0.29) is 37.4 Å². The predicted molar refractivity (Wildman–Crippen MR) is 166 cm³/mol. The van der Waals surface area contributed by atoms with Crippen LogP contribution in [-0.2, 0) is 16.0 Å². The van der Waals surface area contributed by atoms with E-state index in [2.05, 4.69) is 15.6 Å². The molecule has 1 saturated carbocycles. The summed E-state index contributed by atoms with van der Waals surface area (Å²) in [6.45, 7) is 0.708. The molecule has 3 heterocycles. The van der Waals surface area contributed by atoms with E-state index in [0.29, 0.717) is 47.7 Å². The highest BCUT2D eigenvalue weighted by Crippen LogP contribution is 2.41. The number of nitrogens with one attached hydrogen (secondary N) is 2. The van der Waals surface area contributed by atoms with Crippen LogP contribution in [0.15, 0.2) is 54.0 Å². The van der Waals surface area contributed by atoms with Crippen molar-refractivity contribution in [3.05, 3.63) is 81.3 Å². The lowest BCUT2D eigenvalue weighted by Crippen LogP contribution is -2.51. The van der Waals surface area contributed by atoms with Crippen LogP contribution in [0.4, 0.5) is 0 Å². The van der Waals surface area contributed by atoms with E-state index < -0.39 is 29.7 Å². The van der Waals surface area contributed by atoms with Crippen molar-refractivity contribution in [2.45, 2.75) is 38.1 Å². The van der Waals surface area contributed by atoms with Crippen LogP contribution >= 0.6 is 11.3 Å². The van der Waals surface area contributed by atoms with Crippen LogP contribution in [0.3, 0.4) is 0 Å². The first-order valence-corrected chi connectivity index (χ1v) is 16.2. The molecule has 0 spiro atoms. The van der Waals surface area contributed by atoms with Crippen molar-refractivity contribution < 1.29 is 28.7 Å². The zero-order chi connectivity index (χ0) is 31.5. The second kappa shape index (κ2) is 13.2. The first-order valence-electron chi connectivity index (χ1n) is 15.3. The van der Waals surface area contributed by atoms with Crippen molar-refractivity contribution in [1.82, 2.24) is 25.4 Å². The minimum atomic E-state index is -0.683. The van der Waals surface area contributed by atoms with Gasteiger partial charge in [0.15, 0.2) is 5.01 Å². The Morgan fingerprint density at radius 2 is 1.73 bits per heavy atom. The van der Waals surface area contributed by atoms with Gasteiger partial charge in [-0.05, 0) is 43.0 Å². The van der Waals surface area contributed by atoms with Gasteiger partial charge in [-0.25, -0.2) is 4.98 Å². The van der Waals surface area contributed by atoms with Crippen molar-refractivity contribution in [2.24, 2.45) is 11.8 Å². The van der Waals surface area contributed by atoms with Gasteiger partial charge in [0.2, 0.25) is 11.8 Å². The SMILES string of the molecule is CNC(=O)[C@H]1CCCC[C@H]1C(=O)N1CCc2cccc(OCCNC(=O)c3nccs3)c2[C@H]1CN1C(=O)c2ccccc2C1=O. The molecular weight excluding hydrogens is 594 g/mol. The van der Waals surface area contributed by atoms with Crippen LogP contribution in [0.2, 0.25) is 0 Å². The van der Waals surface area contributed by atoms with Crippen molar-refractivity contribution in [1.29, 1.82) is 0 Å². The van der Waals surface area contributed by atoms with Gasteiger partial charge >= 0.3 is 0 Å². The van der Waals surface area contributed by atoms with Gasteiger partial charge in [0.1, 0.15) is 12.4 Å². The molecule has 1 aliphatic carbocycles. The van der Waals surface area contributed by atoms with Crippen molar-refractivity contribution >= 4 is 40.9 Å². The maximum Gasteiger partial charge on any atom is 0.280 e. The summed E-state index contributed by atoms with van der Waals surface area (Å²) in [6, 6.07) is 11.7. The normalized spacial score (nSPS) is 20.8. The van der Waals surface area contributed by atoms with Crippen molar-refractivity contribution in [3.8, 4) is 5.75 Å². The monoisotopic (exact) mass is 629 g/mol. The third-order valence-corrected chi connectivity index (χ3v) is 9.71. The van der Waals surface area contributed by atoms with E-state index in [4.69, 9.17) is 4.74 Å². The minimum Gasteiger partial charge on any atom is -0.491 e. The van der Waals surface area contributed by atoms with Gasteiger partial charge < -0.3 is 20.3 Å². The Bertz CT molecular complexity index is 1590. The molecule has 3 aliphatic rings. The average molecular weight is 630 g/mol. The Morgan fingerprint density at radius 1 is 1.00 bits per heavy atom. The number of imide groups is 1. The molecule has 3 aromatic rings. The number of benzene rings is 2. The summed E-state index contributed by atoms with van der Waals surface area (Å²) in [6.07, 6.45) is 5.06. The Balaban J connectivity index is 1.30. The summed E-state index contributed by atoms with van der Waals surface area (Å²) in [5.41, 5.74) is 2.36. The molecule has 2 N–H and O–H groups in total. The summed E-state index contributed by atoms with van der Waals surface area (Å²) in [5, 5.41) is 7.62. The van der Waals surface area contributed by atoms with Crippen molar-refractivity contribution in [3.63, 3.8) is 0 Å². The Kier molecular flexibility index (Phi) is 8.92. The lowest BCUT2D eigenvalue weighted by Gasteiger charge is -2.42. The zero-order valence-corrected chi connectivity index (χ0v) is 25.8. The van der Waals surface area contributed by atoms with Gasteiger partial charge in [0.25, 0.3) is 17.7 Å². The summed E-state index contributed by atoms with van der Waals surface area (Å²) in [7, 11) is 1.59. The highest BCUT2D eigenvalue weighted by atomic mass is 32.1. The number of ether oxygens (including phenoxy) is 1. The Hall–Kier alpha value is -4.58.